The fourth-order valence-corrected chi connectivity index (χ4v) is 3.22. The molecular weight excluding hydrogens is 244 g/mol. The Morgan fingerprint density at radius 2 is 1.95 bits per heavy atom. The first kappa shape index (κ1) is 15.4. The van der Waals surface area contributed by atoms with Gasteiger partial charge >= 0.3 is 0 Å². The van der Waals surface area contributed by atoms with Gasteiger partial charge in [0, 0.05) is 24.8 Å². The lowest BCUT2D eigenvalue weighted by Gasteiger charge is -2.32. The van der Waals surface area contributed by atoms with E-state index < -0.39 is 0 Å². The molecule has 0 unspecified atom stereocenters. The lowest BCUT2D eigenvalue weighted by Crippen LogP contribution is -2.34. The van der Waals surface area contributed by atoms with Gasteiger partial charge in [-0.25, -0.2) is 0 Å². The van der Waals surface area contributed by atoms with E-state index in [1.54, 1.807) is 0 Å². The molecule has 2 N–H and O–H groups in total. The lowest BCUT2D eigenvalue weighted by molar-refractivity contribution is 0.528. The minimum atomic E-state index is 0.640. The van der Waals surface area contributed by atoms with Crippen molar-refractivity contribution in [2.24, 2.45) is 11.7 Å². The molecule has 0 heterocycles. The van der Waals surface area contributed by atoms with Crippen molar-refractivity contribution in [2.45, 2.75) is 65.5 Å². The summed E-state index contributed by atoms with van der Waals surface area (Å²) >= 11 is 0. The molecular formula is C18H30N2. The molecule has 0 saturated heterocycles. The highest BCUT2D eigenvalue weighted by Crippen LogP contribution is 2.30. The third-order valence-corrected chi connectivity index (χ3v) is 4.59. The average Bonchev–Trinajstić information content (AvgIpc) is 2.93. The number of nitrogens with zero attached hydrogens (tertiary/aromatic N) is 1. The molecule has 2 rings (SSSR count). The molecule has 20 heavy (non-hydrogen) atoms. The van der Waals surface area contributed by atoms with Crippen LogP contribution in [0.3, 0.4) is 0 Å². The fraction of sp³-hybridized carbons (Fsp3) is 0.667. The molecule has 0 atom stereocenters. The Bertz CT molecular complexity index is 419. The van der Waals surface area contributed by atoms with Crippen LogP contribution in [0.2, 0.25) is 0 Å². The Hall–Kier alpha value is -1.02. The summed E-state index contributed by atoms with van der Waals surface area (Å²) in [5.41, 5.74) is 9.78. The second-order valence-electron chi connectivity index (χ2n) is 6.63. The van der Waals surface area contributed by atoms with Crippen LogP contribution in [0.15, 0.2) is 18.2 Å². The van der Waals surface area contributed by atoms with Crippen LogP contribution < -0.4 is 10.6 Å². The van der Waals surface area contributed by atoms with Crippen LogP contribution in [0.25, 0.3) is 0 Å². The zero-order valence-electron chi connectivity index (χ0n) is 13.4. The molecule has 0 amide bonds. The number of benzene rings is 1. The monoisotopic (exact) mass is 274 g/mol. The Labute approximate surface area is 124 Å². The molecule has 0 aliphatic heterocycles. The topological polar surface area (TPSA) is 29.3 Å². The molecule has 2 heteroatoms. The van der Waals surface area contributed by atoms with Crippen molar-refractivity contribution < 1.29 is 0 Å². The molecule has 0 bridgehead atoms. The van der Waals surface area contributed by atoms with E-state index >= 15 is 0 Å². The summed E-state index contributed by atoms with van der Waals surface area (Å²) in [6, 6.07) is 7.56. The van der Waals surface area contributed by atoms with Crippen LogP contribution in [-0.4, -0.2) is 12.6 Å². The maximum absolute atomic E-state index is 5.78. The molecule has 0 radical (unpaired) electrons. The van der Waals surface area contributed by atoms with Crippen molar-refractivity contribution in [3.63, 3.8) is 0 Å². The summed E-state index contributed by atoms with van der Waals surface area (Å²) < 4.78 is 0. The van der Waals surface area contributed by atoms with Gasteiger partial charge in [-0.2, -0.15) is 0 Å². The fourth-order valence-electron chi connectivity index (χ4n) is 3.22. The van der Waals surface area contributed by atoms with E-state index in [4.69, 9.17) is 5.73 Å². The molecule has 1 fully saturated rings. The van der Waals surface area contributed by atoms with Crippen LogP contribution in [0, 0.1) is 12.8 Å². The van der Waals surface area contributed by atoms with Gasteiger partial charge in [-0.05, 0) is 55.4 Å². The SMILES string of the molecule is Cc1cc(N(CCC(C)C)C2CCCC2)ccc1CN. The summed E-state index contributed by atoms with van der Waals surface area (Å²) in [6.45, 7) is 8.64. The van der Waals surface area contributed by atoms with E-state index in [1.807, 2.05) is 0 Å². The third-order valence-electron chi connectivity index (χ3n) is 4.59. The Morgan fingerprint density at radius 1 is 1.25 bits per heavy atom. The highest BCUT2D eigenvalue weighted by atomic mass is 15.2. The summed E-state index contributed by atoms with van der Waals surface area (Å²) in [7, 11) is 0. The van der Waals surface area contributed by atoms with Gasteiger partial charge in [0.2, 0.25) is 0 Å². The smallest absolute Gasteiger partial charge is 0.0371 e. The van der Waals surface area contributed by atoms with Crippen molar-refractivity contribution in [1.29, 1.82) is 0 Å². The first-order valence-corrected chi connectivity index (χ1v) is 8.18. The molecule has 0 spiro atoms. The Kier molecular flexibility index (Phi) is 5.47. The van der Waals surface area contributed by atoms with E-state index in [1.165, 1.54) is 55.5 Å². The average molecular weight is 274 g/mol. The van der Waals surface area contributed by atoms with Gasteiger partial charge < -0.3 is 10.6 Å². The lowest BCUT2D eigenvalue weighted by atomic mass is 10.0. The molecule has 1 saturated carbocycles. The van der Waals surface area contributed by atoms with Crippen LogP contribution in [0.1, 0.15) is 57.1 Å². The predicted molar refractivity (Wildman–Crippen MR) is 88.1 cm³/mol. The van der Waals surface area contributed by atoms with E-state index in [0.29, 0.717) is 6.54 Å². The van der Waals surface area contributed by atoms with Gasteiger partial charge in [0.25, 0.3) is 0 Å². The number of hydrogen-bond acceptors (Lipinski definition) is 2. The van der Waals surface area contributed by atoms with Crippen LogP contribution in [0.5, 0.6) is 0 Å². The predicted octanol–water partition coefficient (Wildman–Crippen LogP) is 4.25. The minimum Gasteiger partial charge on any atom is -0.369 e. The van der Waals surface area contributed by atoms with Crippen molar-refractivity contribution in [1.82, 2.24) is 0 Å². The van der Waals surface area contributed by atoms with Gasteiger partial charge in [-0.1, -0.05) is 32.8 Å². The van der Waals surface area contributed by atoms with Gasteiger partial charge in [-0.15, -0.1) is 0 Å². The zero-order chi connectivity index (χ0) is 14.5. The maximum Gasteiger partial charge on any atom is 0.0371 e. The summed E-state index contributed by atoms with van der Waals surface area (Å²) in [4.78, 5) is 2.65. The molecule has 1 aromatic carbocycles. The molecule has 1 aliphatic carbocycles. The zero-order valence-corrected chi connectivity index (χ0v) is 13.4. The highest BCUT2D eigenvalue weighted by Gasteiger charge is 2.23. The molecule has 1 aromatic rings. The van der Waals surface area contributed by atoms with Gasteiger partial charge in [0.1, 0.15) is 0 Å². The molecule has 112 valence electrons. The standard InChI is InChI=1S/C18H30N2/c1-14(2)10-11-20(17-6-4-5-7-17)18-9-8-16(13-19)15(3)12-18/h8-9,12,14,17H,4-7,10-11,13,19H2,1-3H3. The summed E-state index contributed by atoms with van der Waals surface area (Å²) in [5, 5.41) is 0. The first-order chi connectivity index (χ1) is 9.61. The third kappa shape index (κ3) is 3.76. The van der Waals surface area contributed by atoms with Crippen molar-refractivity contribution in [3.05, 3.63) is 29.3 Å². The summed E-state index contributed by atoms with van der Waals surface area (Å²) in [5.74, 6) is 0.767. The minimum absolute atomic E-state index is 0.640. The van der Waals surface area contributed by atoms with Crippen LogP contribution >= 0.6 is 0 Å². The Balaban J connectivity index is 2.18. The maximum atomic E-state index is 5.78. The normalized spacial score (nSPS) is 16.1. The quantitative estimate of drug-likeness (QED) is 0.840. The molecule has 1 aliphatic rings. The number of anilines is 1. The van der Waals surface area contributed by atoms with E-state index in [2.05, 4.69) is 43.9 Å². The van der Waals surface area contributed by atoms with Crippen molar-refractivity contribution in [2.75, 3.05) is 11.4 Å². The number of nitrogens with two attached hydrogens (primary N) is 1. The second kappa shape index (κ2) is 7.12. The molecule has 0 aromatic heterocycles. The number of aryl methyl sites for hydroxylation is 1. The Morgan fingerprint density at radius 3 is 2.50 bits per heavy atom. The highest BCUT2D eigenvalue weighted by molar-refractivity contribution is 5.51. The van der Waals surface area contributed by atoms with E-state index in [-0.39, 0.29) is 0 Å². The van der Waals surface area contributed by atoms with Crippen LogP contribution in [-0.2, 0) is 6.54 Å². The second-order valence-corrected chi connectivity index (χ2v) is 6.63. The number of rotatable bonds is 6. The van der Waals surface area contributed by atoms with Gasteiger partial charge in [-0.3, -0.25) is 0 Å². The van der Waals surface area contributed by atoms with Crippen molar-refractivity contribution >= 4 is 5.69 Å². The largest absolute Gasteiger partial charge is 0.369 e. The first-order valence-electron chi connectivity index (χ1n) is 8.18. The van der Waals surface area contributed by atoms with E-state index in [0.717, 1.165) is 12.0 Å². The van der Waals surface area contributed by atoms with Crippen molar-refractivity contribution in [3.8, 4) is 0 Å². The van der Waals surface area contributed by atoms with E-state index in [9.17, 15) is 0 Å². The molecule has 2 nitrogen and oxygen atoms in total. The number of hydrogen-bond donors (Lipinski definition) is 1. The summed E-state index contributed by atoms with van der Waals surface area (Å²) in [6.07, 6.45) is 6.77. The van der Waals surface area contributed by atoms with Crippen LogP contribution in [0.4, 0.5) is 5.69 Å². The van der Waals surface area contributed by atoms with Gasteiger partial charge in [0.05, 0.1) is 0 Å². The van der Waals surface area contributed by atoms with Gasteiger partial charge in [0.15, 0.2) is 0 Å².